The first-order valence-electron chi connectivity index (χ1n) is 14.9. The number of carbonyl (C=O) groups is 2. The molecule has 7 heteroatoms. The third kappa shape index (κ3) is 5.24. The van der Waals surface area contributed by atoms with Crippen LogP contribution in [0.1, 0.15) is 74.2 Å². The summed E-state index contributed by atoms with van der Waals surface area (Å²) in [5.74, 6) is 0.573. The molecule has 0 bridgehead atoms. The van der Waals surface area contributed by atoms with Crippen LogP contribution in [0, 0.1) is 5.41 Å². The summed E-state index contributed by atoms with van der Waals surface area (Å²) in [6, 6.07) is 13.9. The average Bonchev–Trinajstić information content (AvgIpc) is 3.25. The first kappa shape index (κ1) is 28.2. The van der Waals surface area contributed by atoms with Gasteiger partial charge in [-0.2, -0.15) is 0 Å². The van der Waals surface area contributed by atoms with E-state index in [1.54, 1.807) is 6.07 Å². The highest BCUT2D eigenvalue weighted by molar-refractivity contribution is 5.98. The van der Waals surface area contributed by atoms with Crippen molar-refractivity contribution in [3.8, 4) is 17.0 Å². The third-order valence-corrected chi connectivity index (χ3v) is 8.71. The number of hydrogen-bond acceptors (Lipinski definition) is 4. The molecule has 2 aromatic carbocycles. The molecule has 1 N–H and O–H groups in total. The van der Waals surface area contributed by atoms with Crippen molar-refractivity contribution in [1.29, 1.82) is 0 Å². The van der Waals surface area contributed by atoms with E-state index in [1.165, 1.54) is 30.5 Å². The molecule has 0 atom stereocenters. The van der Waals surface area contributed by atoms with Crippen LogP contribution in [0.5, 0.6) is 5.75 Å². The molecule has 40 heavy (non-hydrogen) atoms. The molecule has 1 saturated heterocycles. The van der Waals surface area contributed by atoms with Gasteiger partial charge in [-0.1, -0.05) is 51.3 Å². The van der Waals surface area contributed by atoms with E-state index in [1.807, 2.05) is 62.0 Å². The molecular formula is C33H43N3O4. The van der Waals surface area contributed by atoms with Gasteiger partial charge >= 0.3 is 5.97 Å². The van der Waals surface area contributed by atoms with E-state index in [9.17, 15) is 14.7 Å². The van der Waals surface area contributed by atoms with Gasteiger partial charge in [0.15, 0.2) is 0 Å². The fourth-order valence-corrected chi connectivity index (χ4v) is 6.78. The Kier molecular flexibility index (Phi) is 8.22. The monoisotopic (exact) mass is 545 g/mol. The molecule has 3 aliphatic rings. The fraction of sp³-hybridized carbons (Fsp3) is 0.515. The standard InChI is InChI=1S/C31H37N3O4.C2H6/c1-32(2)15-14-27(35)33-17-31(18-33)19-34-25-16-22(30(36)37)12-13-23(25)28(21-8-4-3-5-9-21)29(34)24-10-6-7-11-26(24)38-20-31;1-2/h6-7,10-13,16,21H,3-5,8-9,14-15,17-20H2,1-2H3,(H,36,37);1-2H3. The number of ether oxygens (including phenoxy) is 1. The molecule has 1 aromatic heterocycles. The van der Waals surface area contributed by atoms with Gasteiger partial charge in [0.2, 0.25) is 5.91 Å². The van der Waals surface area contributed by atoms with Crippen molar-refractivity contribution in [2.45, 2.75) is 64.8 Å². The molecule has 0 radical (unpaired) electrons. The molecule has 1 aliphatic carbocycles. The molecule has 2 fully saturated rings. The van der Waals surface area contributed by atoms with Gasteiger partial charge in [-0.15, -0.1) is 0 Å². The van der Waals surface area contributed by atoms with Crippen molar-refractivity contribution in [1.82, 2.24) is 14.4 Å². The molecule has 2 aliphatic heterocycles. The molecular weight excluding hydrogens is 502 g/mol. The smallest absolute Gasteiger partial charge is 0.335 e. The normalized spacial score (nSPS) is 18.1. The largest absolute Gasteiger partial charge is 0.492 e. The first-order valence-corrected chi connectivity index (χ1v) is 14.9. The minimum Gasteiger partial charge on any atom is -0.492 e. The Morgan fingerprint density at radius 1 is 1.02 bits per heavy atom. The zero-order chi connectivity index (χ0) is 28.4. The Morgan fingerprint density at radius 2 is 1.75 bits per heavy atom. The lowest BCUT2D eigenvalue weighted by Crippen LogP contribution is -2.63. The summed E-state index contributed by atoms with van der Waals surface area (Å²) >= 11 is 0. The number of rotatable bonds is 5. The van der Waals surface area contributed by atoms with E-state index in [-0.39, 0.29) is 11.3 Å². The zero-order valence-electron chi connectivity index (χ0n) is 24.4. The van der Waals surface area contributed by atoms with E-state index >= 15 is 0 Å². The van der Waals surface area contributed by atoms with Gasteiger partial charge < -0.3 is 24.2 Å². The van der Waals surface area contributed by atoms with Crippen molar-refractivity contribution in [2.75, 3.05) is 40.3 Å². The van der Waals surface area contributed by atoms with Crippen LogP contribution in [0.4, 0.5) is 0 Å². The van der Waals surface area contributed by atoms with Crippen LogP contribution in [-0.2, 0) is 11.3 Å². The van der Waals surface area contributed by atoms with Crippen LogP contribution in [0.25, 0.3) is 22.2 Å². The van der Waals surface area contributed by atoms with Crippen molar-refractivity contribution in [3.05, 3.63) is 53.6 Å². The number of carboxylic acid groups (broad SMARTS) is 1. The van der Waals surface area contributed by atoms with E-state index in [0.717, 1.165) is 41.6 Å². The minimum absolute atomic E-state index is 0.181. The number of nitrogens with zero attached hydrogens (tertiary/aromatic N) is 3. The highest BCUT2D eigenvalue weighted by Gasteiger charge is 2.48. The maximum atomic E-state index is 12.9. The number of aromatic nitrogens is 1. The molecule has 1 amide bonds. The maximum Gasteiger partial charge on any atom is 0.335 e. The maximum absolute atomic E-state index is 12.9. The lowest BCUT2D eigenvalue weighted by molar-refractivity contribution is -0.147. The summed E-state index contributed by atoms with van der Waals surface area (Å²) in [6.45, 7) is 7.26. The number of fused-ring (bicyclic) bond motifs is 5. The molecule has 3 heterocycles. The van der Waals surface area contributed by atoms with Gasteiger partial charge in [0.1, 0.15) is 5.75 Å². The molecule has 1 saturated carbocycles. The topological polar surface area (TPSA) is 75.0 Å². The van der Waals surface area contributed by atoms with Gasteiger partial charge in [-0.05, 0) is 62.7 Å². The van der Waals surface area contributed by atoms with Crippen LogP contribution < -0.4 is 4.74 Å². The fourth-order valence-electron chi connectivity index (χ4n) is 6.78. The Hall–Kier alpha value is -3.32. The van der Waals surface area contributed by atoms with Gasteiger partial charge in [-0.3, -0.25) is 4.79 Å². The summed E-state index contributed by atoms with van der Waals surface area (Å²) in [7, 11) is 3.97. The summed E-state index contributed by atoms with van der Waals surface area (Å²) in [5.41, 5.74) is 4.65. The van der Waals surface area contributed by atoms with Crippen LogP contribution in [0.2, 0.25) is 0 Å². The van der Waals surface area contributed by atoms with E-state index in [4.69, 9.17) is 4.74 Å². The van der Waals surface area contributed by atoms with E-state index < -0.39 is 5.97 Å². The predicted molar refractivity (Wildman–Crippen MR) is 159 cm³/mol. The Morgan fingerprint density at radius 3 is 2.45 bits per heavy atom. The number of likely N-dealkylation sites (tertiary alicyclic amines) is 1. The second-order valence-electron chi connectivity index (χ2n) is 11.8. The van der Waals surface area contributed by atoms with Gasteiger partial charge in [0.05, 0.1) is 23.3 Å². The van der Waals surface area contributed by atoms with Crippen molar-refractivity contribution in [3.63, 3.8) is 0 Å². The quantitative estimate of drug-likeness (QED) is 0.410. The number of benzene rings is 2. The predicted octanol–water partition coefficient (Wildman–Crippen LogP) is 6.25. The van der Waals surface area contributed by atoms with Crippen molar-refractivity contribution >= 4 is 22.8 Å². The SMILES string of the molecule is CC.CN(C)CCC(=O)N1CC2(COc3ccccc3-c3c(C4CCCCC4)c4ccc(C(=O)O)cc4n3C2)C1. The molecule has 7 nitrogen and oxygen atoms in total. The minimum atomic E-state index is -0.910. The van der Waals surface area contributed by atoms with E-state index in [2.05, 4.69) is 16.7 Å². The van der Waals surface area contributed by atoms with Crippen LogP contribution in [0.15, 0.2) is 42.5 Å². The number of amides is 1. The van der Waals surface area contributed by atoms with Crippen LogP contribution in [-0.4, -0.2) is 71.7 Å². The van der Waals surface area contributed by atoms with Gasteiger partial charge in [-0.25, -0.2) is 4.79 Å². The summed E-state index contributed by atoms with van der Waals surface area (Å²) in [5, 5.41) is 11.0. The van der Waals surface area contributed by atoms with Crippen LogP contribution >= 0.6 is 0 Å². The average molecular weight is 546 g/mol. The summed E-state index contributed by atoms with van der Waals surface area (Å²) < 4.78 is 8.89. The Bertz CT molecular complexity index is 1380. The lowest BCUT2D eigenvalue weighted by Gasteiger charge is -2.51. The first-order chi connectivity index (χ1) is 19.3. The number of carboxylic acids is 1. The Balaban J connectivity index is 0.00000158. The molecule has 0 unspecified atom stereocenters. The van der Waals surface area contributed by atoms with Crippen LogP contribution in [0.3, 0.4) is 0 Å². The Labute approximate surface area is 237 Å². The van der Waals surface area contributed by atoms with Crippen molar-refractivity contribution in [2.24, 2.45) is 5.41 Å². The van der Waals surface area contributed by atoms with Crippen molar-refractivity contribution < 1.29 is 19.4 Å². The molecule has 3 aromatic rings. The highest BCUT2D eigenvalue weighted by Crippen LogP contribution is 2.49. The van der Waals surface area contributed by atoms with Gasteiger partial charge in [0, 0.05) is 49.1 Å². The second-order valence-corrected chi connectivity index (χ2v) is 11.8. The van der Waals surface area contributed by atoms with E-state index in [0.29, 0.717) is 44.1 Å². The second kappa shape index (κ2) is 11.7. The summed E-state index contributed by atoms with van der Waals surface area (Å²) in [4.78, 5) is 28.9. The molecule has 6 rings (SSSR count). The highest BCUT2D eigenvalue weighted by atomic mass is 16.5. The lowest BCUT2D eigenvalue weighted by atomic mass is 9.79. The third-order valence-electron chi connectivity index (χ3n) is 8.71. The number of aromatic carboxylic acids is 1. The zero-order valence-corrected chi connectivity index (χ0v) is 24.4. The number of carbonyl (C=O) groups excluding carboxylic acids is 1. The number of para-hydroxylation sites is 1. The van der Waals surface area contributed by atoms with Gasteiger partial charge in [0.25, 0.3) is 0 Å². The number of hydrogen-bond donors (Lipinski definition) is 1. The molecule has 1 spiro atoms. The molecule has 214 valence electrons. The summed E-state index contributed by atoms with van der Waals surface area (Å²) in [6.07, 6.45) is 6.52.